The van der Waals surface area contributed by atoms with Crippen molar-refractivity contribution in [2.24, 2.45) is 0 Å². The molecule has 2 aliphatic carbocycles. The minimum atomic E-state index is -0.423. The summed E-state index contributed by atoms with van der Waals surface area (Å²) in [6.07, 6.45) is 0. The lowest BCUT2D eigenvalue weighted by Crippen LogP contribution is -2.40. The summed E-state index contributed by atoms with van der Waals surface area (Å²) >= 11 is 3.77. The van der Waals surface area contributed by atoms with Crippen molar-refractivity contribution in [2.45, 2.75) is 24.7 Å². The monoisotopic (exact) mass is 813 g/mol. The molecule has 0 aliphatic heterocycles. The molecule has 0 bridgehead atoms. The number of thiophene rings is 2. The first-order valence-electron chi connectivity index (χ1n) is 21.2. The number of nitrogens with zero attached hydrogens (tertiary/aromatic N) is 1. The first-order valence-corrected chi connectivity index (χ1v) is 22.8. The standard InChI is InChI=1S/C58H39NS2/c1-57(2)46-21-7-9-23-48(46)58(49-24-10-8-22-47(49)57)45-20-6-3-15-39(45)40-34-31-37(35-50(40)58)36-29-32-38(33-30-36)59(51-25-13-18-43-41-16-4-11-27-53(41)60-55(43)51)52-26-14-19-44-42-17-5-12-28-54(42)61-56(44)52/h3-35H,1-2H3. The van der Waals surface area contributed by atoms with E-state index < -0.39 is 5.41 Å². The number of hydrogen-bond acceptors (Lipinski definition) is 3. The van der Waals surface area contributed by atoms with Crippen LogP contribution < -0.4 is 4.90 Å². The zero-order valence-electron chi connectivity index (χ0n) is 33.8. The highest BCUT2D eigenvalue weighted by molar-refractivity contribution is 7.27. The average Bonchev–Trinajstić information content (AvgIpc) is 3.98. The fourth-order valence-corrected chi connectivity index (χ4v) is 13.5. The summed E-state index contributed by atoms with van der Waals surface area (Å²) in [6, 6.07) is 75.3. The predicted octanol–water partition coefficient (Wildman–Crippen LogP) is 16.6. The number of hydrogen-bond donors (Lipinski definition) is 0. The molecule has 2 heterocycles. The van der Waals surface area contributed by atoms with E-state index in [0.717, 1.165) is 5.69 Å². The Morgan fingerprint density at radius 1 is 0.361 bits per heavy atom. The molecule has 0 atom stereocenters. The van der Waals surface area contributed by atoms with Crippen LogP contribution >= 0.6 is 22.7 Å². The van der Waals surface area contributed by atoms with Crippen molar-refractivity contribution in [1.29, 1.82) is 0 Å². The molecule has 0 unspecified atom stereocenters. The Morgan fingerprint density at radius 3 is 1.41 bits per heavy atom. The number of anilines is 3. The topological polar surface area (TPSA) is 3.24 Å². The molecule has 1 spiro atoms. The first-order chi connectivity index (χ1) is 30.0. The van der Waals surface area contributed by atoms with Gasteiger partial charge in [-0.15, -0.1) is 22.7 Å². The molecule has 0 saturated carbocycles. The number of benzene rings is 9. The van der Waals surface area contributed by atoms with Crippen LogP contribution in [0.3, 0.4) is 0 Å². The van der Waals surface area contributed by atoms with Crippen molar-refractivity contribution in [3.05, 3.63) is 234 Å². The summed E-state index contributed by atoms with van der Waals surface area (Å²) in [6.45, 7) is 4.78. The molecule has 3 heteroatoms. The molecular formula is C58H39NS2. The smallest absolute Gasteiger partial charge is 0.0719 e. The second-order valence-electron chi connectivity index (χ2n) is 17.2. The van der Waals surface area contributed by atoms with Crippen LogP contribution in [-0.2, 0) is 10.8 Å². The lowest BCUT2D eigenvalue weighted by molar-refractivity contribution is 0.563. The highest BCUT2D eigenvalue weighted by Crippen LogP contribution is 2.62. The van der Waals surface area contributed by atoms with E-state index >= 15 is 0 Å². The molecule has 9 aromatic carbocycles. The number of rotatable bonds is 4. The molecule has 0 radical (unpaired) electrons. The van der Waals surface area contributed by atoms with E-state index in [1.54, 1.807) is 0 Å². The molecule has 0 fully saturated rings. The van der Waals surface area contributed by atoms with Gasteiger partial charge in [0.1, 0.15) is 0 Å². The minimum Gasteiger partial charge on any atom is -0.308 e. The zero-order chi connectivity index (χ0) is 40.5. The van der Waals surface area contributed by atoms with Crippen LogP contribution in [0.5, 0.6) is 0 Å². The lowest BCUT2D eigenvalue weighted by atomic mass is 9.55. The number of fused-ring (bicyclic) bond motifs is 15. The fourth-order valence-electron chi connectivity index (χ4n) is 11.1. The summed E-state index contributed by atoms with van der Waals surface area (Å²) in [5, 5.41) is 5.21. The van der Waals surface area contributed by atoms with Gasteiger partial charge in [0.25, 0.3) is 0 Å². The highest BCUT2D eigenvalue weighted by Gasteiger charge is 2.53. The van der Waals surface area contributed by atoms with Crippen molar-refractivity contribution in [3.63, 3.8) is 0 Å². The van der Waals surface area contributed by atoms with Crippen LogP contribution in [0.1, 0.15) is 47.2 Å². The molecule has 11 aromatic rings. The molecule has 0 amide bonds. The molecule has 13 rings (SSSR count). The van der Waals surface area contributed by atoms with Gasteiger partial charge in [0.05, 0.1) is 26.2 Å². The van der Waals surface area contributed by atoms with E-state index in [0.29, 0.717) is 0 Å². The van der Waals surface area contributed by atoms with E-state index in [1.165, 1.54) is 107 Å². The van der Waals surface area contributed by atoms with Gasteiger partial charge in [-0.05, 0) is 98.1 Å². The van der Waals surface area contributed by atoms with Gasteiger partial charge in [-0.3, -0.25) is 0 Å². The van der Waals surface area contributed by atoms with E-state index in [4.69, 9.17) is 0 Å². The van der Waals surface area contributed by atoms with Gasteiger partial charge >= 0.3 is 0 Å². The Kier molecular flexibility index (Phi) is 7.38. The lowest BCUT2D eigenvalue weighted by Gasteiger charge is -2.46. The second kappa shape index (κ2) is 12.9. The first kappa shape index (κ1) is 35.0. The van der Waals surface area contributed by atoms with Gasteiger partial charge in [0.15, 0.2) is 0 Å². The Hall–Kier alpha value is -6.78. The van der Waals surface area contributed by atoms with E-state index in [2.05, 4.69) is 219 Å². The van der Waals surface area contributed by atoms with Gasteiger partial charge < -0.3 is 4.90 Å². The third-order valence-electron chi connectivity index (χ3n) is 13.8. The maximum Gasteiger partial charge on any atom is 0.0719 e. The van der Waals surface area contributed by atoms with Crippen LogP contribution in [0.25, 0.3) is 62.6 Å². The van der Waals surface area contributed by atoms with E-state index in [9.17, 15) is 0 Å². The normalized spacial score (nSPS) is 14.3. The molecule has 2 aromatic heterocycles. The second-order valence-corrected chi connectivity index (χ2v) is 19.3. The van der Waals surface area contributed by atoms with E-state index in [-0.39, 0.29) is 5.41 Å². The summed E-state index contributed by atoms with van der Waals surface area (Å²) < 4.78 is 5.21. The van der Waals surface area contributed by atoms with Crippen LogP contribution in [0.15, 0.2) is 200 Å². The van der Waals surface area contributed by atoms with Gasteiger partial charge in [-0.1, -0.05) is 172 Å². The third-order valence-corrected chi connectivity index (χ3v) is 16.2. The maximum absolute atomic E-state index is 2.51. The molecule has 0 saturated heterocycles. The Bertz CT molecular complexity index is 3420. The zero-order valence-corrected chi connectivity index (χ0v) is 35.4. The van der Waals surface area contributed by atoms with Gasteiger partial charge in [-0.25, -0.2) is 0 Å². The highest BCUT2D eigenvalue weighted by atomic mass is 32.1. The summed E-state index contributed by atoms with van der Waals surface area (Å²) in [5.41, 5.74) is 16.4. The van der Waals surface area contributed by atoms with Crippen molar-refractivity contribution in [1.82, 2.24) is 0 Å². The van der Waals surface area contributed by atoms with Crippen LogP contribution in [0, 0.1) is 0 Å². The van der Waals surface area contributed by atoms with Crippen LogP contribution in [0.4, 0.5) is 17.1 Å². The largest absolute Gasteiger partial charge is 0.308 e. The molecule has 61 heavy (non-hydrogen) atoms. The van der Waals surface area contributed by atoms with Gasteiger partial charge in [-0.2, -0.15) is 0 Å². The van der Waals surface area contributed by atoms with Gasteiger partial charge in [0, 0.05) is 42.0 Å². The SMILES string of the molecule is CC1(C)c2ccccc2C2(c3ccccc3-c3ccc(-c4ccc(N(c5cccc6c5sc5ccccc56)c5cccc6c5sc5ccccc56)cc4)cc32)c2ccccc21. The average molecular weight is 814 g/mol. The summed E-state index contributed by atoms with van der Waals surface area (Å²) in [7, 11) is 0. The molecular weight excluding hydrogens is 775 g/mol. The van der Waals surface area contributed by atoms with Crippen LogP contribution in [0.2, 0.25) is 0 Å². The van der Waals surface area contributed by atoms with Crippen molar-refractivity contribution in [3.8, 4) is 22.3 Å². The maximum atomic E-state index is 2.51. The molecule has 2 aliphatic rings. The van der Waals surface area contributed by atoms with E-state index in [1.807, 2.05) is 22.7 Å². The fraction of sp³-hybridized carbons (Fsp3) is 0.0690. The summed E-state index contributed by atoms with van der Waals surface area (Å²) in [5.74, 6) is 0. The predicted molar refractivity (Wildman–Crippen MR) is 262 cm³/mol. The Labute approximate surface area is 363 Å². The van der Waals surface area contributed by atoms with Crippen molar-refractivity contribution < 1.29 is 0 Å². The van der Waals surface area contributed by atoms with Gasteiger partial charge in [0.2, 0.25) is 0 Å². The summed E-state index contributed by atoms with van der Waals surface area (Å²) in [4.78, 5) is 2.51. The molecule has 1 nitrogen and oxygen atoms in total. The minimum absolute atomic E-state index is 0.129. The molecule has 288 valence electrons. The van der Waals surface area contributed by atoms with Crippen LogP contribution in [-0.4, -0.2) is 0 Å². The molecule has 0 N–H and O–H groups in total. The van der Waals surface area contributed by atoms with Crippen molar-refractivity contribution in [2.75, 3.05) is 4.90 Å². The quantitative estimate of drug-likeness (QED) is 0.171. The third kappa shape index (κ3) is 4.76. The Morgan fingerprint density at radius 2 is 0.820 bits per heavy atom. The van der Waals surface area contributed by atoms with Crippen molar-refractivity contribution >= 4 is 80.1 Å². The Balaban J connectivity index is 1.01.